The van der Waals surface area contributed by atoms with E-state index in [2.05, 4.69) is 10.6 Å². The van der Waals surface area contributed by atoms with Crippen LogP contribution in [0.4, 0.5) is 4.79 Å². The first-order chi connectivity index (χ1) is 10.1. The Morgan fingerprint density at radius 2 is 2.10 bits per heavy atom. The fraction of sp³-hybridized carbons (Fsp3) is 0.333. The molecule has 1 aliphatic heterocycles. The lowest BCUT2D eigenvalue weighted by Crippen LogP contribution is -2.37. The van der Waals surface area contributed by atoms with Crippen LogP contribution in [0.1, 0.15) is 20.3 Å². The van der Waals surface area contributed by atoms with E-state index in [1.165, 1.54) is 11.8 Å². The van der Waals surface area contributed by atoms with Crippen LogP contribution in [0, 0.1) is 0 Å². The molecule has 5 nitrogen and oxygen atoms in total. The molecule has 1 aliphatic rings. The van der Waals surface area contributed by atoms with Crippen molar-refractivity contribution in [3.63, 3.8) is 0 Å². The van der Waals surface area contributed by atoms with E-state index in [0.29, 0.717) is 24.3 Å². The third-order valence-electron chi connectivity index (χ3n) is 2.98. The molecule has 112 valence electrons. The second-order valence-corrected chi connectivity index (χ2v) is 5.82. The number of urea groups is 1. The third-order valence-corrected chi connectivity index (χ3v) is 4.09. The van der Waals surface area contributed by atoms with Gasteiger partial charge < -0.3 is 15.4 Å². The number of nitrogens with one attached hydrogen (secondary N) is 2. The number of hydrogen-bond acceptors (Lipinski definition) is 4. The Labute approximate surface area is 128 Å². The predicted molar refractivity (Wildman–Crippen MR) is 81.7 cm³/mol. The zero-order valence-electron chi connectivity index (χ0n) is 12.0. The van der Waals surface area contributed by atoms with Gasteiger partial charge in [-0.15, -0.1) is 11.8 Å². The molecule has 6 heteroatoms. The van der Waals surface area contributed by atoms with Crippen molar-refractivity contribution in [3.8, 4) is 0 Å². The number of ether oxygens (including phenoxy) is 1. The van der Waals surface area contributed by atoms with Crippen LogP contribution in [0.15, 0.2) is 46.5 Å². The highest BCUT2D eigenvalue weighted by Crippen LogP contribution is 2.28. The van der Waals surface area contributed by atoms with Gasteiger partial charge in [0.05, 0.1) is 17.6 Å². The third kappa shape index (κ3) is 4.26. The highest BCUT2D eigenvalue weighted by Gasteiger charge is 2.26. The molecular formula is C15H18N2O3S. The number of allylic oxidation sites excluding steroid dienone is 1. The standard InChI is InChI=1S/C15H18N2O3S/c1-3-20-14(18)12-9-13(17-15(19)16-10(12)2)21-11-7-5-4-6-8-11/h4-8,13H,3,9H2,1-2H3,(H2,16,17,19). The minimum Gasteiger partial charge on any atom is -0.463 e. The van der Waals surface area contributed by atoms with Gasteiger partial charge in [0.15, 0.2) is 0 Å². The number of benzene rings is 1. The number of esters is 1. The van der Waals surface area contributed by atoms with E-state index in [0.717, 1.165) is 4.90 Å². The lowest BCUT2D eigenvalue weighted by atomic mass is 10.1. The van der Waals surface area contributed by atoms with Gasteiger partial charge in [0.2, 0.25) is 0 Å². The highest BCUT2D eigenvalue weighted by molar-refractivity contribution is 8.00. The van der Waals surface area contributed by atoms with Crippen LogP contribution < -0.4 is 10.6 Å². The van der Waals surface area contributed by atoms with Crippen LogP contribution in [0.5, 0.6) is 0 Å². The van der Waals surface area contributed by atoms with Gasteiger partial charge in [-0.1, -0.05) is 18.2 Å². The van der Waals surface area contributed by atoms with E-state index in [1.807, 2.05) is 30.3 Å². The Morgan fingerprint density at radius 1 is 1.38 bits per heavy atom. The van der Waals surface area contributed by atoms with Crippen LogP contribution in [-0.2, 0) is 9.53 Å². The molecule has 2 N–H and O–H groups in total. The zero-order valence-corrected chi connectivity index (χ0v) is 12.8. The predicted octanol–water partition coefficient (Wildman–Crippen LogP) is 2.64. The van der Waals surface area contributed by atoms with E-state index < -0.39 is 0 Å². The Bertz CT molecular complexity index is 557. The molecule has 0 spiro atoms. The SMILES string of the molecule is CCOC(=O)C1=C(C)NC(=O)NC(Sc2ccccc2)C1. The van der Waals surface area contributed by atoms with Crippen LogP contribution in [0.25, 0.3) is 0 Å². The molecule has 0 aromatic heterocycles. The normalized spacial score (nSPS) is 18.6. The minimum atomic E-state index is -0.377. The molecular weight excluding hydrogens is 288 g/mol. The van der Waals surface area contributed by atoms with Crippen molar-refractivity contribution < 1.29 is 14.3 Å². The van der Waals surface area contributed by atoms with Crippen molar-refractivity contribution in [2.45, 2.75) is 30.5 Å². The fourth-order valence-corrected chi connectivity index (χ4v) is 3.07. The number of carbonyl (C=O) groups excluding carboxylic acids is 2. The van der Waals surface area contributed by atoms with Crippen molar-refractivity contribution in [3.05, 3.63) is 41.6 Å². The van der Waals surface area contributed by atoms with Crippen molar-refractivity contribution >= 4 is 23.8 Å². The van der Waals surface area contributed by atoms with Crippen LogP contribution in [-0.4, -0.2) is 24.0 Å². The molecule has 1 heterocycles. The van der Waals surface area contributed by atoms with Gasteiger partial charge in [-0.3, -0.25) is 0 Å². The first-order valence-electron chi connectivity index (χ1n) is 6.76. The van der Waals surface area contributed by atoms with Gasteiger partial charge >= 0.3 is 12.0 Å². The van der Waals surface area contributed by atoms with Gasteiger partial charge in [-0.2, -0.15) is 0 Å². The Kier molecular flexibility index (Phi) is 5.27. The van der Waals surface area contributed by atoms with E-state index >= 15 is 0 Å². The summed E-state index contributed by atoms with van der Waals surface area (Å²) in [7, 11) is 0. The molecule has 21 heavy (non-hydrogen) atoms. The molecule has 1 aromatic carbocycles. The molecule has 2 amide bonds. The molecule has 1 aromatic rings. The summed E-state index contributed by atoms with van der Waals surface area (Å²) in [6.45, 7) is 3.78. The van der Waals surface area contributed by atoms with E-state index in [9.17, 15) is 9.59 Å². The van der Waals surface area contributed by atoms with Crippen molar-refractivity contribution in [1.82, 2.24) is 10.6 Å². The van der Waals surface area contributed by atoms with Gasteiger partial charge in [-0.25, -0.2) is 9.59 Å². The summed E-state index contributed by atoms with van der Waals surface area (Å²) >= 11 is 1.51. The summed E-state index contributed by atoms with van der Waals surface area (Å²) in [5.74, 6) is -0.377. The number of thioether (sulfide) groups is 1. The van der Waals surface area contributed by atoms with Crippen LogP contribution >= 0.6 is 11.8 Å². The maximum atomic E-state index is 12.0. The molecule has 0 aliphatic carbocycles. The number of rotatable bonds is 4. The summed E-state index contributed by atoms with van der Waals surface area (Å²) in [4.78, 5) is 24.8. The summed E-state index contributed by atoms with van der Waals surface area (Å²) < 4.78 is 5.06. The molecule has 1 unspecified atom stereocenters. The maximum Gasteiger partial charge on any atom is 0.335 e. The molecule has 1 atom stereocenters. The largest absolute Gasteiger partial charge is 0.463 e. The fourth-order valence-electron chi connectivity index (χ4n) is 2.01. The first-order valence-corrected chi connectivity index (χ1v) is 7.64. The quantitative estimate of drug-likeness (QED) is 0.839. The monoisotopic (exact) mass is 306 g/mol. The molecule has 0 fully saturated rings. The van der Waals surface area contributed by atoms with Crippen molar-refractivity contribution in [1.29, 1.82) is 0 Å². The van der Waals surface area contributed by atoms with Crippen molar-refractivity contribution in [2.24, 2.45) is 0 Å². The number of amides is 2. The summed E-state index contributed by atoms with van der Waals surface area (Å²) in [5.41, 5.74) is 1.05. The second-order valence-electron chi connectivity index (χ2n) is 4.55. The lowest BCUT2D eigenvalue weighted by molar-refractivity contribution is -0.138. The highest BCUT2D eigenvalue weighted by atomic mass is 32.2. The summed E-state index contributed by atoms with van der Waals surface area (Å²) in [5, 5.41) is 5.29. The van der Waals surface area contributed by atoms with Gasteiger partial charge in [0.25, 0.3) is 0 Å². The Balaban J connectivity index is 2.16. The van der Waals surface area contributed by atoms with Gasteiger partial charge in [0, 0.05) is 17.0 Å². The summed E-state index contributed by atoms with van der Waals surface area (Å²) in [6.07, 6.45) is 0.420. The topological polar surface area (TPSA) is 67.4 Å². The van der Waals surface area contributed by atoms with Crippen LogP contribution in [0.2, 0.25) is 0 Å². The van der Waals surface area contributed by atoms with E-state index in [-0.39, 0.29) is 17.4 Å². The Morgan fingerprint density at radius 3 is 2.76 bits per heavy atom. The van der Waals surface area contributed by atoms with Gasteiger partial charge in [-0.05, 0) is 26.0 Å². The average Bonchev–Trinajstić information content (AvgIpc) is 2.58. The molecule has 0 saturated carbocycles. The average molecular weight is 306 g/mol. The van der Waals surface area contributed by atoms with E-state index in [1.54, 1.807) is 13.8 Å². The first kappa shape index (κ1) is 15.4. The van der Waals surface area contributed by atoms with Gasteiger partial charge in [0.1, 0.15) is 0 Å². The minimum absolute atomic E-state index is 0.218. The molecule has 0 radical (unpaired) electrons. The number of hydrogen-bond donors (Lipinski definition) is 2. The second kappa shape index (κ2) is 7.17. The lowest BCUT2D eigenvalue weighted by Gasteiger charge is -2.16. The Hall–Kier alpha value is -1.95. The van der Waals surface area contributed by atoms with Crippen molar-refractivity contribution in [2.75, 3.05) is 6.61 Å². The molecule has 2 rings (SSSR count). The zero-order chi connectivity index (χ0) is 15.2. The molecule has 0 saturated heterocycles. The molecule has 0 bridgehead atoms. The van der Waals surface area contributed by atoms with E-state index in [4.69, 9.17) is 4.74 Å². The van der Waals surface area contributed by atoms with Crippen LogP contribution in [0.3, 0.4) is 0 Å². The summed E-state index contributed by atoms with van der Waals surface area (Å²) in [6, 6.07) is 9.44. The number of carbonyl (C=O) groups is 2. The smallest absolute Gasteiger partial charge is 0.335 e. The maximum absolute atomic E-state index is 12.0.